The number of nitrogens with zero attached hydrogens (tertiary/aromatic N) is 2. The van der Waals surface area contributed by atoms with Crippen LogP contribution in [0.1, 0.15) is 29.8 Å². The van der Waals surface area contributed by atoms with Gasteiger partial charge in [-0.3, -0.25) is 14.9 Å². The van der Waals surface area contributed by atoms with Gasteiger partial charge in [0.1, 0.15) is 11.7 Å². The van der Waals surface area contributed by atoms with E-state index in [9.17, 15) is 19.7 Å². The molecule has 0 radical (unpaired) electrons. The Morgan fingerprint density at radius 1 is 1.47 bits per heavy atom. The maximum absolute atomic E-state index is 12.2. The molecule has 0 spiro atoms. The molecule has 2 heterocycles. The molecule has 19 heavy (non-hydrogen) atoms. The van der Waals surface area contributed by atoms with Gasteiger partial charge >= 0.3 is 5.97 Å². The predicted octanol–water partition coefficient (Wildman–Crippen LogP) is 1.00. The molecule has 1 atom stereocenters. The van der Waals surface area contributed by atoms with Crippen molar-refractivity contribution in [3.05, 3.63) is 28.1 Å². The van der Waals surface area contributed by atoms with E-state index in [-0.39, 0.29) is 11.4 Å². The monoisotopic (exact) mass is 267 g/mol. The van der Waals surface area contributed by atoms with Crippen LogP contribution in [-0.4, -0.2) is 44.4 Å². The number of aromatic amines is 1. The number of aliphatic carboxylic acids is 1. The van der Waals surface area contributed by atoms with Gasteiger partial charge in [-0.05, 0) is 19.3 Å². The van der Waals surface area contributed by atoms with Crippen LogP contribution in [0.2, 0.25) is 0 Å². The molecule has 1 aliphatic heterocycles. The average molecular weight is 267 g/mol. The van der Waals surface area contributed by atoms with Crippen LogP contribution in [0.5, 0.6) is 0 Å². The fraction of sp³-hybridized carbons (Fsp3) is 0.455. The fourth-order valence-electron chi connectivity index (χ4n) is 2.20. The molecule has 8 heteroatoms. The highest BCUT2D eigenvalue weighted by Crippen LogP contribution is 2.21. The predicted molar refractivity (Wildman–Crippen MR) is 63.8 cm³/mol. The van der Waals surface area contributed by atoms with Gasteiger partial charge < -0.3 is 15.0 Å². The van der Waals surface area contributed by atoms with Gasteiger partial charge in [0.05, 0.1) is 11.1 Å². The molecule has 102 valence electrons. The Kier molecular flexibility index (Phi) is 3.50. The number of carbonyl (C=O) groups excluding carboxylic acids is 1. The van der Waals surface area contributed by atoms with Crippen molar-refractivity contribution >= 4 is 17.6 Å². The first-order chi connectivity index (χ1) is 9.00. The molecule has 0 aromatic carbocycles. The summed E-state index contributed by atoms with van der Waals surface area (Å²) < 4.78 is 0. The molecule has 1 fully saturated rings. The van der Waals surface area contributed by atoms with Crippen molar-refractivity contribution in [1.29, 1.82) is 0 Å². The van der Waals surface area contributed by atoms with Crippen LogP contribution in [0, 0.1) is 10.1 Å². The minimum absolute atomic E-state index is 0.0415. The number of carboxylic acid groups (broad SMARTS) is 1. The summed E-state index contributed by atoms with van der Waals surface area (Å²) in [5, 5.41) is 19.6. The lowest BCUT2D eigenvalue weighted by molar-refractivity contribution is -0.384. The van der Waals surface area contributed by atoms with Gasteiger partial charge in [-0.1, -0.05) is 0 Å². The molecule has 8 nitrogen and oxygen atoms in total. The Balaban J connectivity index is 2.21. The number of aromatic nitrogens is 1. The molecule has 1 saturated heterocycles. The zero-order valence-electron chi connectivity index (χ0n) is 10.0. The number of piperidine rings is 1. The third-order valence-corrected chi connectivity index (χ3v) is 3.16. The first-order valence-corrected chi connectivity index (χ1v) is 5.87. The Bertz CT molecular complexity index is 524. The Labute approximate surface area is 108 Å². The molecule has 0 saturated carbocycles. The number of nitro groups is 1. The molecule has 0 bridgehead atoms. The molecule has 1 aliphatic rings. The molecule has 1 aromatic rings. The number of hydrogen-bond donors (Lipinski definition) is 2. The lowest BCUT2D eigenvalue weighted by atomic mass is 10.0. The third kappa shape index (κ3) is 2.56. The van der Waals surface area contributed by atoms with Crippen molar-refractivity contribution in [2.24, 2.45) is 0 Å². The number of carboxylic acids is 1. The van der Waals surface area contributed by atoms with Crippen LogP contribution >= 0.6 is 0 Å². The van der Waals surface area contributed by atoms with Crippen LogP contribution in [0.4, 0.5) is 5.69 Å². The van der Waals surface area contributed by atoms with Crippen molar-refractivity contribution in [3.63, 3.8) is 0 Å². The van der Waals surface area contributed by atoms with E-state index in [0.717, 1.165) is 25.1 Å². The summed E-state index contributed by atoms with van der Waals surface area (Å²) in [7, 11) is 0. The van der Waals surface area contributed by atoms with Gasteiger partial charge in [-0.15, -0.1) is 0 Å². The SMILES string of the molecule is O=C(O)[C@H]1CCCCN1C(=O)c1cc([N+](=O)[O-])c[nH]1. The van der Waals surface area contributed by atoms with Gasteiger partial charge in [0.25, 0.3) is 11.6 Å². The second-order valence-corrected chi connectivity index (χ2v) is 4.38. The number of H-pyrrole nitrogens is 1. The number of nitrogens with one attached hydrogen (secondary N) is 1. The van der Waals surface area contributed by atoms with E-state index in [4.69, 9.17) is 5.11 Å². The van der Waals surface area contributed by atoms with Crippen molar-refractivity contribution in [2.45, 2.75) is 25.3 Å². The summed E-state index contributed by atoms with van der Waals surface area (Å²) in [4.78, 5) is 37.0. The lowest BCUT2D eigenvalue weighted by Gasteiger charge is -2.32. The largest absolute Gasteiger partial charge is 0.480 e. The second kappa shape index (κ2) is 5.09. The minimum atomic E-state index is -1.05. The van der Waals surface area contributed by atoms with E-state index >= 15 is 0 Å². The summed E-state index contributed by atoms with van der Waals surface area (Å²) >= 11 is 0. The summed E-state index contributed by atoms with van der Waals surface area (Å²) in [6.45, 7) is 0.350. The quantitative estimate of drug-likeness (QED) is 0.626. The number of carbonyl (C=O) groups is 2. The van der Waals surface area contributed by atoms with Crippen LogP contribution in [0.25, 0.3) is 0 Å². The van der Waals surface area contributed by atoms with Gasteiger partial charge in [-0.25, -0.2) is 4.79 Å². The third-order valence-electron chi connectivity index (χ3n) is 3.16. The van der Waals surface area contributed by atoms with Gasteiger partial charge in [0, 0.05) is 12.6 Å². The average Bonchev–Trinajstić information content (AvgIpc) is 2.87. The Hall–Kier alpha value is -2.38. The molecule has 0 unspecified atom stereocenters. The highest BCUT2D eigenvalue weighted by Gasteiger charge is 2.33. The normalized spacial score (nSPS) is 19.2. The first kappa shape index (κ1) is 13.1. The van der Waals surface area contributed by atoms with Crippen LogP contribution in [-0.2, 0) is 4.79 Å². The van der Waals surface area contributed by atoms with Crippen molar-refractivity contribution < 1.29 is 19.6 Å². The second-order valence-electron chi connectivity index (χ2n) is 4.38. The number of amides is 1. The maximum atomic E-state index is 12.2. The van der Waals surface area contributed by atoms with E-state index in [1.807, 2.05) is 0 Å². The van der Waals surface area contributed by atoms with Crippen molar-refractivity contribution in [2.75, 3.05) is 6.54 Å². The summed E-state index contributed by atoms with van der Waals surface area (Å²) in [5.74, 6) is -1.56. The zero-order chi connectivity index (χ0) is 14.0. The first-order valence-electron chi connectivity index (χ1n) is 5.87. The smallest absolute Gasteiger partial charge is 0.326 e. The van der Waals surface area contributed by atoms with E-state index in [0.29, 0.717) is 13.0 Å². The van der Waals surface area contributed by atoms with Crippen LogP contribution in [0.15, 0.2) is 12.3 Å². The Morgan fingerprint density at radius 2 is 2.21 bits per heavy atom. The van der Waals surface area contributed by atoms with E-state index in [2.05, 4.69) is 4.98 Å². The van der Waals surface area contributed by atoms with Gasteiger partial charge in [0.15, 0.2) is 0 Å². The summed E-state index contributed by atoms with van der Waals surface area (Å²) in [5.41, 5.74) is -0.174. The molecule has 2 rings (SSSR count). The number of rotatable bonds is 3. The zero-order valence-corrected chi connectivity index (χ0v) is 10.0. The fourth-order valence-corrected chi connectivity index (χ4v) is 2.20. The summed E-state index contributed by atoms with van der Waals surface area (Å²) in [6, 6.07) is 0.263. The molecule has 1 aromatic heterocycles. The van der Waals surface area contributed by atoms with Gasteiger partial charge in [0.2, 0.25) is 0 Å². The van der Waals surface area contributed by atoms with Crippen LogP contribution in [0.3, 0.4) is 0 Å². The molecule has 1 amide bonds. The summed E-state index contributed by atoms with van der Waals surface area (Å²) in [6.07, 6.45) is 3.01. The molecular weight excluding hydrogens is 254 g/mol. The Morgan fingerprint density at radius 3 is 2.79 bits per heavy atom. The molecular formula is C11H13N3O5. The maximum Gasteiger partial charge on any atom is 0.326 e. The number of likely N-dealkylation sites (tertiary alicyclic amines) is 1. The van der Waals surface area contributed by atoms with Crippen molar-refractivity contribution in [1.82, 2.24) is 9.88 Å². The highest BCUT2D eigenvalue weighted by molar-refractivity contribution is 5.95. The van der Waals surface area contributed by atoms with E-state index in [1.165, 1.54) is 4.90 Å². The molecule has 2 N–H and O–H groups in total. The van der Waals surface area contributed by atoms with Gasteiger partial charge in [-0.2, -0.15) is 0 Å². The lowest BCUT2D eigenvalue weighted by Crippen LogP contribution is -2.48. The molecule has 0 aliphatic carbocycles. The standard InChI is InChI=1S/C11H13N3O5/c15-10(8-5-7(6-12-8)14(18)19)13-4-2-1-3-9(13)11(16)17/h5-6,9,12H,1-4H2,(H,16,17)/t9-/m1/s1. The minimum Gasteiger partial charge on any atom is -0.480 e. The van der Waals surface area contributed by atoms with Crippen molar-refractivity contribution in [3.8, 4) is 0 Å². The van der Waals surface area contributed by atoms with Crippen LogP contribution < -0.4 is 0 Å². The highest BCUT2D eigenvalue weighted by atomic mass is 16.6. The van der Waals surface area contributed by atoms with E-state index in [1.54, 1.807) is 0 Å². The van der Waals surface area contributed by atoms with E-state index < -0.39 is 22.8 Å². The topological polar surface area (TPSA) is 117 Å². The number of hydrogen-bond acceptors (Lipinski definition) is 4.